The summed E-state index contributed by atoms with van der Waals surface area (Å²) in [6.07, 6.45) is -6.85. The lowest BCUT2D eigenvalue weighted by atomic mass is 10.1. The van der Waals surface area contributed by atoms with Gasteiger partial charge in [-0.2, -0.15) is 10.4 Å². The van der Waals surface area contributed by atoms with Gasteiger partial charge in [-0.15, -0.1) is 8.78 Å². The molecule has 0 unspecified atom stereocenters. The van der Waals surface area contributed by atoms with Crippen molar-refractivity contribution in [2.75, 3.05) is 11.4 Å². The smallest absolute Gasteiger partial charge is 0.452 e. The van der Waals surface area contributed by atoms with Gasteiger partial charge in [0, 0.05) is 23.9 Å². The molecule has 2 aromatic carbocycles. The summed E-state index contributed by atoms with van der Waals surface area (Å²) in [4.78, 5) is 27.6. The van der Waals surface area contributed by atoms with E-state index >= 15 is 0 Å². The minimum atomic E-state index is -3.84. The average Bonchev–Trinajstić information content (AvgIpc) is 3.46. The highest BCUT2D eigenvalue weighted by molar-refractivity contribution is 5.94. The summed E-state index contributed by atoms with van der Waals surface area (Å²) in [6.45, 7) is 1.10. The molecule has 0 atom stereocenters. The minimum absolute atomic E-state index is 0.0234. The van der Waals surface area contributed by atoms with Crippen LogP contribution in [0.5, 0.6) is 11.5 Å². The second kappa shape index (κ2) is 9.22. The molecule has 0 bridgehead atoms. The molecule has 2 aromatic heterocycles. The molecule has 1 amide bonds. The molecule has 0 fully saturated rings. The van der Waals surface area contributed by atoms with Crippen molar-refractivity contribution in [1.29, 1.82) is 5.26 Å². The molecular weight excluding hydrogens is 512 g/mol. The average molecular weight is 528 g/mol. The lowest BCUT2D eigenvalue weighted by Gasteiger charge is -2.21. The van der Waals surface area contributed by atoms with Crippen LogP contribution in [0.25, 0.3) is 22.2 Å². The van der Waals surface area contributed by atoms with E-state index in [0.717, 1.165) is 10.7 Å². The van der Waals surface area contributed by atoms with Gasteiger partial charge >= 0.3 is 6.29 Å². The van der Waals surface area contributed by atoms with E-state index in [2.05, 4.69) is 14.6 Å². The van der Waals surface area contributed by atoms with Crippen molar-refractivity contribution in [3.05, 3.63) is 70.2 Å². The predicted molar refractivity (Wildman–Crippen MR) is 124 cm³/mol. The summed E-state index contributed by atoms with van der Waals surface area (Å²) in [6, 6.07) is 12.7. The summed E-state index contributed by atoms with van der Waals surface area (Å²) in [7, 11) is 0. The monoisotopic (exact) mass is 528 g/mol. The first-order valence-corrected chi connectivity index (χ1v) is 11.1. The van der Waals surface area contributed by atoms with Crippen LogP contribution < -0.4 is 19.9 Å². The third kappa shape index (κ3) is 4.40. The Morgan fingerprint density at radius 3 is 2.63 bits per heavy atom. The van der Waals surface area contributed by atoms with Crippen LogP contribution in [0.15, 0.2) is 57.7 Å². The molecular formula is C25H16F4N4O5. The molecule has 9 nitrogen and oxygen atoms in total. The van der Waals surface area contributed by atoms with Crippen LogP contribution in [-0.4, -0.2) is 28.5 Å². The Kier molecular flexibility index (Phi) is 6.02. The Morgan fingerprint density at radius 2 is 1.92 bits per heavy atom. The van der Waals surface area contributed by atoms with Gasteiger partial charge in [-0.05, 0) is 37.3 Å². The zero-order valence-corrected chi connectivity index (χ0v) is 19.5. The number of alkyl halides is 4. The molecule has 0 N–H and O–H groups in total. The van der Waals surface area contributed by atoms with E-state index in [4.69, 9.17) is 4.42 Å². The second-order valence-corrected chi connectivity index (χ2v) is 8.13. The molecule has 1 aliphatic heterocycles. The number of hydrogen-bond donors (Lipinski definition) is 0. The Bertz CT molecular complexity index is 1670. The Labute approximate surface area is 211 Å². The lowest BCUT2D eigenvalue weighted by Crippen LogP contribution is -2.37. The Hall–Kier alpha value is -4.86. The molecule has 3 heterocycles. The van der Waals surface area contributed by atoms with E-state index < -0.39 is 36.5 Å². The van der Waals surface area contributed by atoms with Crippen LogP contribution in [0.4, 0.5) is 23.2 Å². The number of anilines is 1. The summed E-state index contributed by atoms with van der Waals surface area (Å²) in [5.41, 5.74) is -0.354. The predicted octanol–water partition coefficient (Wildman–Crippen LogP) is 4.84. The van der Waals surface area contributed by atoms with Gasteiger partial charge in [-0.25, -0.2) is 13.5 Å². The quantitative estimate of drug-likeness (QED) is 0.329. The van der Waals surface area contributed by atoms with Gasteiger partial charge in [0.2, 0.25) is 5.91 Å². The van der Waals surface area contributed by atoms with Crippen molar-refractivity contribution in [2.45, 2.75) is 26.2 Å². The van der Waals surface area contributed by atoms with Crippen molar-refractivity contribution < 1.29 is 36.2 Å². The van der Waals surface area contributed by atoms with E-state index in [-0.39, 0.29) is 46.0 Å². The number of nitrogens with zero attached hydrogens (tertiary/aromatic N) is 4. The zero-order valence-electron chi connectivity index (χ0n) is 19.5. The summed E-state index contributed by atoms with van der Waals surface area (Å²) < 4.78 is 68.4. The highest BCUT2D eigenvalue weighted by Gasteiger charge is 2.43. The fourth-order valence-electron chi connectivity index (χ4n) is 4.06. The van der Waals surface area contributed by atoms with Crippen LogP contribution in [0.1, 0.15) is 24.7 Å². The number of carbonyl (C=O) groups is 1. The van der Waals surface area contributed by atoms with E-state index in [1.165, 1.54) is 35.2 Å². The van der Waals surface area contributed by atoms with Crippen molar-refractivity contribution in [1.82, 2.24) is 9.78 Å². The second-order valence-electron chi connectivity index (χ2n) is 8.13. The van der Waals surface area contributed by atoms with E-state index in [9.17, 15) is 32.4 Å². The fourth-order valence-corrected chi connectivity index (χ4v) is 4.06. The number of halogens is 4. The van der Waals surface area contributed by atoms with Crippen molar-refractivity contribution in [3.8, 4) is 28.8 Å². The first kappa shape index (κ1) is 24.8. The first-order valence-electron chi connectivity index (χ1n) is 11.1. The van der Waals surface area contributed by atoms with Crippen LogP contribution in [-0.2, 0) is 11.3 Å². The van der Waals surface area contributed by atoms with E-state index in [1.54, 1.807) is 19.1 Å². The highest BCUT2D eigenvalue weighted by atomic mass is 19.3. The van der Waals surface area contributed by atoms with Gasteiger partial charge in [-0.3, -0.25) is 9.59 Å². The molecule has 0 saturated carbocycles. The van der Waals surface area contributed by atoms with Crippen LogP contribution >= 0.6 is 0 Å². The number of likely N-dealkylation sites (N-methyl/N-ethyl adjacent to an activating group) is 1. The number of aromatic nitrogens is 2. The molecule has 0 saturated heterocycles. The molecule has 0 radical (unpaired) electrons. The fraction of sp³-hybridized carbons (Fsp3) is 0.200. The van der Waals surface area contributed by atoms with Gasteiger partial charge in [0.1, 0.15) is 12.2 Å². The van der Waals surface area contributed by atoms with Crippen molar-refractivity contribution in [3.63, 3.8) is 0 Å². The number of nitriles is 1. The lowest BCUT2D eigenvalue weighted by molar-refractivity contribution is -0.286. The van der Waals surface area contributed by atoms with Crippen LogP contribution in [0, 0.1) is 11.3 Å². The topological polar surface area (TPSA) is 111 Å². The molecule has 13 heteroatoms. The SMILES string of the molecule is CCN(C(=O)Cn1nc(-c2cccc(C#N)c2)c2oc(C(F)F)cc2c1=O)c1ccc2c(c1)OC(F)(F)O2. The number of carbonyl (C=O) groups excluding carboxylic acids is 1. The highest BCUT2D eigenvalue weighted by Crippen LogP contribution is 2.43. The number of amides is 1. The molecule has 0 aliphatic carbocycles. The maximum atomic E-state index is 13.4. The largest absolute Gasteiger partial charge is 0.586 e. The number of rotatable bonds is 6. The van der Waals surface area contributed by atoms with E-state index in [1.807, 2.05) is 6.07 Å². The molecule has 194 valence electrons. The maximum absolute atomic E-state index is 13.4. The number of fused-ring (bicyclic) bond motifs is 2. The molecule has 5 rings (SSSR count). The van der Waals surface area contributed by atoms with Crippen molar-refractivity contribution in [2.24, 2.45) is 0 Å². The molecule has 0 spiro atoms. The molecule has 1 aliphatic rings. The van der Waals surface area contributed by atoms with Crippen LogP contribution in [0.2, 0.25) is 0 Å². The maximum Gasteiger partial charge on any atom is 0.586 e. The van der Waals surface area contributed by atoms with Gasteiger partial charge < -0.3 is 18.8 Å². The minimum Gasteiger partial charge on any atom is -0.452 e. The Balaban J connectivity index is 1.56. The normalized spacial score (nSPS) is 13.6. The van der Waals surface area contributed by atoms with E-state index in [0.29, 0.717) is 5.56 Å². The number of ether oxygens (including phenoxy) is 2. The Morgan fingerprint density at radius 1 is 1.16 bits per heavy atom. The number of benzene rings is 2. The summed E-state index contributed by atoms with van der Waals surface area (Å²) in [5.74, 6) is -1.88. The van der Waals surface area contributed by atoms with Gasteiger partial charge in [-0.1, -0.05) is 12.1 Å². The zero-order chi connectivity index (χ0) is 27.2. The molecule has 38 heavy (non-hydrogen) atoms. The van der Waals surface area contributed by atoms with Crippen LogP contribution in [0.3, 0.4) is 0 Å². The number of furan rings is 1. The van der Waals surface area contributed by atoms with Gasteiger partial charge in [0.25, 0.3) is 12.0 Å². The van der Waals surface area contributed by atoms with Crippen molar-refractivity contribution >= 4 is 22.6 Å². The van der Waals surface area contributed by atoms with Gasteiger partial charge in [0.05, 0.1) is 17.0 Å². The first-order chi connectivity index (χ1) is 18.1. The summed E-state index contributed by atoms with van der Waals surface area (Å²) >= 11 is 0. The third-order valence-electron chi connectivity index (χ3n) is 5.73. The summed E-state index contributed by atoms with van der Waals surface area (Å²) in [5, 5.41) is 13.2. The number of hydrogen-bond acceptors (Lipinski definition) is 7. The third-order valence-corrected chi connectivity index (χ3v) is 5.73. The standard InChI is InChI=1S/C25H16F4N4O5/c1-2-32(15-6-7-17-18(9-15)38-25(28,29)37-17)20(34)12-33-24(35)16-10-19(23(26)27)36-22(16)21(31-33)14-5-3-4-13(8-14)11-30/h3-10,23H,2,12H2,1H3. The molecule has 4 aromatic rings. The van der Waals surface area contributed by atoms with Gasteiger partial charge in [0.15, 0.2) is 22.8 Å².